The van der Waals surface area contributed by atoms with E-state index in [-0.39, 0.29) is 11.8 Å². The summed E-state index contributed by atoms with van der Waals surface area (Å²) in [5.41, 5.74) is 2.06. The summed E-state index contributed by atoms with van der Waals surface area (Å²) in [6, 6.07) is 7.87. The van der Waals surface area contributed by atoms with Gasteiger partial charge in [0.15, 0.2) is 0 Å². The van der Waals surface area contributed by atoms with Gasteiger partial charge in [-0.25, -0.2) is 0 Å². The lowest BCUT2D eigenvalue weighted by Crippen LogP contribution is -2.53. The highest BCUT2D eigenvalue weighted by atomic mass is 16.2. The van der Waals surface area contributed by atoms with E-state index in [1.54, 1.807) is 9.80 Å². The summed E-state index contributed by atoms with van der Waals surface area (Å²) in [5.74, 6) is -0.744. The minimum absolute atomic E-state index is 0.361. The van der Waals surface area contributed by atoms with Gasteiger partial charge in [-0.3, -0.25) is 9.59 Å². The lowest BCUT2D eigenvalue weighted by atomic mass is 10.0. The van der Waals surface area contributed by atoms with Gasteiger partial charge in [0.1, 0.15) is 0 Å². The number of carbonyl (C=O) groups is 2. The summed E-state index contributed by atoms with van der Waals surface area (Å²) in [5, 5.41) is 0. The average Bonchev–Trinajstić information content (AvgIpc) is 2.53. The molecule has 2 aliphatic heterocycles. The first-order chi connectivity index (χ1) is 10.2. The monoisotopic (exact) mass is 287 g/mol. The number of amides is 2. The highest BCUT2D eigenvalue weighted by molar-refractivity contribution is 6.40. The van der Waals surface area contributed by atoms with E-state index in [0.717, 1.165) is 37.2 Å². The fraction of sp³-hybridized carbons (Fsp3) is 0.500. The van der Waals surface area contributed by atoms with Gasteiger partial charge in [0.2, 0.25) is 0 Å². The Morgan fingerprint density at radius 1 is 0.952 bits per heavy atom. The van der Waals surface area contributed by atoms with E-state index >= 15 is 0 Å². The molecule has 21 heavy (non-hydrogen) atoms. The van der Waals surface area contributed by atoms with E-state index < -0.39 is 0 Å². The molecule has 5 heteroatoms. The van der Waals surface area contributed by atoms with Crippen LogP contribution >= 0.6 is 0 Å². The van der Waals surface area contributed by atoms with Crippen LogP contribution < -0.4 is 4.90 Å². The Morgan fingerprint density at radius 2 is 1.67 bits per heavy atom. The molecule has 1 fully saturated rings. The van der Waals surface area contributed by atoms with E-state index in [2.05, 4.69) is 4.90 Å². The van der Waals surface area contributed by atoms with Gasteiger partial charge in [-0.1, -0.05) is 18.2 Å². The molecule has 0 saturated carbocycles. The third-order valence-electron chi connectivity index (χ3n) is 4.33. The van der Waals surface area contributed by atoms with Crippen LogP contribution in [0, 0.1) is 0 Å². The number of aryl methyl sites for hydroxylation is 1. The van der Waals surface area contributed by atoms with Crippen molar-refractivity contribution in [2.45, 2.75) is 12.8 Å². The number of carbonyl (C=O) groups excluding carboxylic acids is 2. The average molecular weight is 287 g/mol. The molecule has 1 saturated heterocycles. The van der Waals surface area contributed by atoms with Gasteiger partial charge in [-0.05, 0) is 31.5 Å². The van der Waals surface area contributed by atoms with Crippen LogP contribution in [0.1, 0.15) is 12.0 Å². The number of rotatable bonds is 0. The largest absolute Gasteiger partial charge is 0.332 e. The summed E-state index contributed by atoms with van der Waals surface area (Å²) >= 11 is 0. The summed E-state index contributed by atoms with van der Waals surface area (Å²) in [7, 11) is 2.03. The number of hydrogen-bond donors (Lipinski definition) is 0. The van der Waals surface area contributed by atoms with Crippen LogP contribution in [-0.2, 0) is 16.0 Å². The Kier molecular flexibility index (Phi) is 3.92. The number of para-hydroxylation sites is 1. The number of anilines is 1. The molecule has 1 aromatic rings. The molecule has 0 radical (unpaired) electrons. The predicted molar refractivity (Wildman–Crippen MR) is 81.2 cm³/mol. The molecule has 0 bridgehead atoms. The van der Waals surface area contributed by atoms with Gasteiger partial charge in [0, 0.05) is 38.4 Å². The molecule has 2 aliphatic rings. The predicted octanol–water partition coefficient (Wildman–Crippen LogP) is 0.740. The summed E-state index contributed by atoms with van der Waals surface area (Å²) in [6.45, 7) is 3.56. The summed E-state index contributed by atoms with van der Waals surface area (Å²) < 4.78 is 0. The molecule has 0 unspecified atom stereocenters. The van der Waals surface area contributed by atoms with Crippen molar-refractivity contribution in [2.24, 2.45) is 0 Å². The number of piperazine rings is 1. The Labute approximate surface area is 125 Å². The molecular weight excluding hydrogens is 266 g/mol. The molecule has 0 atom stereocenters. The van der Waals surface area contributed by atoms with E-state index in [4.69, 9.17) is 0 Å². The Balaban J connectivity index is 1.75. The Bertz CT molecular complexity index is 550. The zero-order valence-electron chi connectivity index (χ0n) is 12.4. The molecule has 0 aromatic heterocycles. The first-order valence-electron chi connectivity index (χ1n) is 7.54. The smallest absolute Gasteiger partial charge is 0.316 e. The van der Waals surface area contributed by atoms with Crippen LogP contribution in [0.15, 0.2) is 24.3 Å². The molecule has 2 amide bonds. The Hall–Kier alpha value is -1.88. The van der Waals surface area contributed by atoms with Crippen LogP contribution in [-0.4, -0.2) is 61.4 Å². The highest BCUT2D eigenvalue weighted by Crippen LogP contribution is 2.27. The molecule has 2 heterocycles. The second kappa shape index (κ2) is 5.85. The minimum Gasteiger partial charge on any atom is -0.332 e. The van der Waals surface area contributed by atoms with Crippen molar-refractivity contribution in [3.8, 4) is 0 Å². The van der Waals surface area contributed by atoms with Crippen LogP contribution in [0.4, 0.5) is 5.69 Å². The topological polar surface area (TPSA) is 43.9 Å². The second-order valence-electron chi connectivity index (χ2n) is 5.78. The number of fused-ring (bicyclic) bond motifs is 1. The zero-order valence-corrected chi connectivity index (χ0v) is 12.4. The van der Waals surface area contributed by atoms with Crippen molar-refractivity contribution in [1.82, 2.24) is 9.80 Å². The molecule has 1 aromatic carbocycles. The van der Waals surface area contributed by atoms with Crippen molar-refractivity contribution in [3.05, 3.63) is 29.8 Å². The third-order valence-corrected chi connectivity index (χ3v) is 4.33. The van der Waals surface area contributed by atoms with Crippen molar-refractivity contribution in [1.29, 1.82) is 0 Å². The van der Waals surface area contributed by atoms with Crippen molar-refractivity contribution in [3.63, 3.8) is 0 Å². The van der Waals surface area contributed by atoms with Gasteiger partial charge >= 0.3 is 11.8 Å². The van der Waals surface area contributed by atoms with Crippen LogP contribution in [0.3, 0.4) is 0 Å². The minimum atomic E-state index is -0.383. The van der Waals surface area contributed by atoms with E-state index in [0.29, 0.717) is 19.6 Å². The quantitative estimate of drug-likeness (QED) is 0.661. The second-order valence-corrected chi connectivity index (χ2v) is 5.78. The summed E-state index contributed by atoms with van der Waals surface area (Å²) in [4.78, 5) is 30.5. The molecule has 0 spiro atoms. The van der Waals surface area contributed by atoms with Crippen molar-refractivity contribution in [2.75, 3.05) is 44.7 Å². The number of hydrogen-bond acceptors (Lipinski definition) is 3. The van der Waals surface area contributed by atoms with E-state index in [9.17, 15) is 9.59 Å². The maximum Gasteiger partial charge on any atom is 0.316 e. The number of likely N-dealkylation sites (N-methyl/N-ethyl adjacent to an activating group) is 1. The molecular formula is C16H21N3O2. The number of nitrogens with zero attached hydrogens (tertiary/aromatic N) is 3. The number of benzene rings is 1. The first-order valence-corrected chi connectivity index (χ1v) is 7.54. The van der Waals surface area contributed by atoms with Gasteiger partial charge in [-0.15, -0.1) is 0 Å². The van der Waals surface area contributed by atoms with Crippen LogP contribution in [0.5, 0.6) is 0 Å². The molecule has 112 valence electrons. The van der Waals surface area contributed by atoms with Crippen LogP contribution in [0.2, 0.25) is 0 Å². The van der Waals surface area contributed by atoms with Gasteiger partial charge in [0.25, 0.3) is 0 Å². The van der Waals surface area contributed by atoms with Crippen LogP contribution in [0.25, 0.3) is 0 Å². The lowest BCUT2D eigenvalue weighted by Gasteiger charge is -2.34. The fourth-order valence-corrected chi connectivity index (χ4v) is 3.00. The molecule has 0 N–H and O–H groups in total. The van der Waals surface area contributed by atoms with Crippen molar-refractivity contribution >= 4 is 17.5 Å². The Morgan fingerprint density at radius 3 is 2.43 bits per heavy atom. The van der Waals surface area contributed by atoms with Gasteiger partial charge in [-0.2, -0.15) is 0 Å². The maximum atomic E-state index is 12.6. The first kappa shape index (κ1) is 14.1. The van der Waals surface area contributed by atoms with Gasteiger partial charge < -0.3 is 14.7 Å². The lowest BCUT2D eigenvalue weighted by molar-refractivity contribution is -0.145. The van der Waals surface area contributed by atoms with E-state index in [1.165, 1.54) is 0 Å². The van der Waals surface area contributed by atoms with Gasteiger partial charge in [0.05, 0.1) is 0 Å². The fourth-order valence-electron chi connectivity index (χ4n) is 3.00. The molecule has 3 rings (SSSR count). The third kappa shape index (κ3) is 2.78. The highest BCUT2D eigenvalue weighted by Gasteiger charge is 2.31. The summed E-state index contributed by atoms with van der Waals surface area (Å²) in [6.07, 6.45) is 1.89. The SMILES string of the molecule is CN1CCN(C(=O)C(=O)N2CCCc3ccccc32)CC1. The molecule has 0 aliphatic carbocycles. The normalized spacial score (nSPS) is 19.3. The van der Waals surface area contributed by atoms with E-state index in [1.807, 2.05) is 31.3 Å². The maximum absolute atomic E-state index is 12.6. The standard InChI is InChI=1S/C16H21N3O2/c1-17-9-11-18(12-10-17)15(20)16(21)19-8-4-6-13-5-2-3-7-14(13)19/h2-3,5,7H,4,6,8-12H2,1H3. The van der Waals surface area contributed by atoms with Crippen molar-refractivity contribution < 1.29 is 9.59 Å². The zero-order chi connectivity index (χ0) is 14.8. The molecule has 5 nitrogen and oxygen atoms in total.